The molecule has 0 radical (unpaired) electrons. The molecule has 2 heterocycles. The van der Waals surface area contributed by atoms with Gasteiger partial charge >= 0.3 is 0 Å². The maximum atomic E-state index is 12.8. The molecule has 27 heavy (non-hydrogen) atoms. The molecule has 6 nitrogen and oxygen atoms in total. The third kappa shape index (κ3) is 4.28. The Labute approximate surface area is 157 Å². The highest BCUT2D eigenvalue weighted by Gasteiger charge is 2.20. The van der Waals surface area contributed by atoms with Gasteiger partial charge in [0.2, 0.25) is 5.91 Å². The fraction of sp³-hybridized carbons (Fsp3) is 0.238. The monoisotopic (exact) mass is 362 g/mol. The van der Waals surface area contributed by atoms with Crippen LogP contribution in [0.25, 0.3) is 0 Å². The Hall–Kier alpha value is -3.28. The summed E-state index contributed by atoms with van der Waals surface area (Å²) in [6, 6.07) is 11.3. The zero-order valence-corrected chi connectivity index (χ0v) is 15.6. The van der Waals surface area contributed by atoms with E-state index >= 15 is 0 Å². The number of nitrogens with zero attached hydrogens (tertiary/aromatic N) is 2. The van der Waals surface area contributed by atoms with Gasteiger partial charge in [-0.2, -0.15) is 0 Å². The van der Waals surface area contributed by atoms with Gasteiger partial charge in [0.15, 0.2) is 0 Å². The van der Waals surface area contributed by atoms with Crippen LogP contribution in [0.5, 0.6) is 0 Å². The van der Waals surface area contributed by atoms with Gasteiger partial charge in [0.1, 0.15) is 5.82 Å². The maximum Gasteiger partial charge on any atom is 0.254 e. The van der Waals surface area contributed by atoms with Crippen LogP contribution in [-0.2, 0) is 11.2 Å². The summed E-state index contributed by atoms with van der Waals surface area (Å²) in [5, 5.41) is 3.06. The van der Waals surface area contributed by atoms with Crippen molar-refractivity contribution in [2.24, 2.45) is 0 Å². The molecule has 0 aliphatic heterocycles. The Balaban J connectivity index is 1.90. The van der Waals surface area contributed by atoms with Crippen molar-refractivity contribution in [3.63, 3.8) is 0 Å². The second-order valence-electron chi connectivity index (χ2n) is 6.53. The molecule has 1 atom stereocenters. The first-order chi connectivity index (χ1) is 13.0. The summed E-state index contributed by atoms with van der Waals surface area (Å²) in [5.74, 6) is 0.301. The molecule has 0 unspecified atom stereocenters. The minimum Gasteiger partial charge on any atom is -0.345 e. The van der Waals surface area contributed by atoms with E-state index < -0.39 is 0 Å². The molecule has 138 valence electrons. The summed E-state index contributed by atoms with van der Waals surface area (Å²) in [6.45, 7) is 5.47. The summed E-state index contributed by atoms with van der Waals surface area (Å²) in [4.78, 5) is 35.9. The van der Waals surface area contributed by atoms with Crippen molar-refractivity contribution in [2.75, 3.05) is 0 Å². The van der Waals surface area contributed by atoms with E-state index in [1.54, 1.807) is 26.2 Å². The lowest BCUT2D eigenvalue weighted by Gasteiger charge is -2.21. The molecule has 1 amide bonds. The SMILES string of the molecule is Cc1nc(C)c(CC(=O)N[C@@H](c2ccncc2)c2ccccc2C)c(=O)[nH]1. The molecule has 0 aliphatic rings. The third-order valence-electron chi connectivity index (χ3n) is 4.52. The van der Waals surface area contributed by atoms with Crippen molar-refractivity contribution in [1.82, 2.24) is 20.3 Å². The van der Waals surface area contributed by atoms with Crippen LogP contribution in [0.2, 0.25) is 0 Å². The minimum atomic E-state index is -0.320. The van der Waals surface area contributed by atoms with Gasteiger partial charge < -0.3 is 10.3 Å². The normalized spacial score (nSPS) is 11.8. The van der Waals surface area contributed by atoms with Crippen LogP contribution in [0.4, 0.5) is 0 Å². The number of H-pyrrole nitrogens is 1. The molecular weight excluding hydrogens is 340 g/mol. The number of carbonyl (C=O) groups excluding carboxylic acids is 1. The highest BCUT2D eigenvalue weighted by atomic mass is 16.2. The zero-order valence-electron chi connectivity index (χ0n) is 15.6. The van der Waals surface area contributed by atoms with Crippen LogP contribution in [0.15, 0.2) is 53.6 Å². The van der Waals surface area contributed by atoms with Crippen LogP contribution >= 0.6 is 0 Å². The molecule has 2 N–H and O–H groups in total. The first-order valence-electron chi connectivity index (χ1n) is 8.77. The van der Waals surface area contributed by atoms with Gasteiger partial charge in [-0.1, -0.05) is 24.3 Å². The highest BCUT2D eigenvalue weighted by Crippen LogP contribution is 2.24. The van der Waals surface area contributed by atoms with Crippen molar-refractivity contribution in [3.05, 3.63) is 92.9 Å². The first-order valence-corrected chi connectivity index (χ1v) is 8.77. The number of rotatable bonds is 5. The predicted molar refractivity (Wildman–Crippen MR) is 103 cm³/mol. The van der Waals surface area contributed by atoms with Crippen molar-refractivity contribution in [2.45, 2.75) is 33.2 Å². The van der Waals surface area contributed by atoms with E-state index in [0.29, 0.717) is 17.1 Å². The van der Waals surface area contributed by atoms with Crippen LogP contribution in [-0.4, -0.2) is 20.9 Å². The maximum absolute atomic E-state index is 12.8. The molecule has 1 aromatic carbocycles. The molecule has 0 spiro atoms. The van der Waals surface area contributed by atoms with Crippen molar-refractivity contribution < 1.29 is 4.79 Å². The minimum absolute atomic E-state index is 0.0259. The number of amides is 1. The van der Waals surface area contributed by atoms with Crippen LogP contribution in [0, 0.1) is 20.8 Å². The molecular formula is C21H22N4O2. The Morgan fingerprint density at radius 2 is 1.81 bits per heavy atom. The molecule has 6 heteroatoms. The number of aromatic nitrogens is 3. The summed E-state index contributed by atoms with van der Waals surface area (Å²) in [5.41, 5.74) is 3.70. The lowest BCUT2D eigenvalue weighted by molar-refractivity contribution is -0.121. The summed E-state index contributed by atoms with van der Waals surface area (Å²) < 4.78 is 0. The van der Waals surface area contributed by atoms with E-state index in [4.69, 9.17) is 0 Å². The highest BCUT2D eigenvalue weighted by molar-refractivity contribution is 5.79. The van der Waals surface area contributed by atoms with Gasteiger partial charge in [-0.05, 0) is 49.6 Å². The quantitative estimate of drug-likeness (QED) is 0.730. The molecule has 0 saturated carbocycles. The van der Waals surface area contributed by atoms with Gasteiger partial charge in [0, 0.05) is 23.7 Å². The Morgan fingerprint density at radius 1 is 1.11 bits per heavy atom. The van der Waals surface area contributed by atoms with Gasteiger partial charge in [-0.25, -0.2) is 4.98 Å². The molecule has 3 aromatic rings. The van der Waals surface area contributed by atoms with Gasteiger partial charge in [0.05, 0.1) is 12.5 Å². The second-order valence-corrected chi connectivity index (χ2v) is 6.53. The van der Waals surface area contributed by atoms with E-state index in [0.717, 1.165) is 16.7 Å². The number of carbonyl (C=O) groups is 1. The summed E-state index contributed by atoms with van der Waals surface area (Å²) in [7, 11) is 0. The standard InChI is InChI=1S/C21H22N4O2/c1-13-6-4-5-7-17(13)20(16-8-10-22-11-9-16)25-19(26)12-18-14(2)23-15(3)24-21(18)27/h4-11,20H,12H2,1-3H3,(H,25,26)(H,23,24,27)/t20-/m0/s1. The molecule has 0 aliphatic carbocycles. The fourth-order valence-corrected chi connectivity index (χ4v) is 3.14. The number of hydrogen-bond acceptors (Lipinski definition) is 4. The summed E-state index contributed by atoms with van der Waals surface area (Å²) >= 11 is 0. The third-order valence-corrected chi connectivity index (χ3v) is 4.52. The lowest BCUT2D eigenvalue weighted by atomic mass is 9.95. The van der Waals surface area contributed by atoms with Crippen LogP contribution < -0.4 is 10.9 Å². The number of pyridine rings is 1. The smallest absolute Gasteiger partial charge is 0.254 e. The molecule has 3 rings (SSSR count). The molecule has 0 bridgehead atoms. The van der Waals surface area contributed by atoms with Gasteiger partial charge in [0.25, 0.3) is 5.56 Å². The first kappa shape index (κ1) is 18.5. The van der Waals surface area contributed by atoms with E-state index in [2.05, 4.69) is 20.3 Å². The Morgan fingerprint density at radius 3 is 2.48 bits per heavy atom. The lowest BCUT2D eigenvalue weighted by Crippen LogP contribution is -2.33. The van der Waals surface area contributed by atoms with Gasteiger partial charge in [-0.3, -0.25) is 14.6 Å². The average Bonchev–Trinajstić information content (AvgIpc) is 2.64. The number of aryl methyl sites for hydroxylation is 3. The van der Waals surface area contributed by atoms with Crippen molar-refractivity contribution >= 4 is 5.91 Å². The van der Waals surface area contributed by atoms with Crippen molar-refractivity contribution in [3.8, 4) is 0 Å². The average molecular weight is 362 g/mol. The number of benzene rings is 1. The van der Waals surface area contributed by atoms with E-state index in [1.807, 2.05) is 43.3 Å². The summed E-state index contributed by atoms with van der Waals surface area (Å²) in [6.07, 6.45) is 3.37. The van der Waals surface area contributed by atoms with E-state index in [9.17, 15) is 9.59 Å². The van der Waals surface area contributed by atoms with Crippen molar-refractivity contribution in [1.29, 1.82) is 0 Å². The predicted octanol–water partition coefficient (Wildman–Crippen LogP) is 2.54. The second kappa shape index (κ2) is 7.95. The van der Waals surface area contributed by atoms with Crippen LogP contribution in [0.3, 0.4) is 0 Å². The Bertz CT molecular complexity index is 1010. The number of aromatic amines is 1. The largest absolute Gasteiger partial charge is 0.345 e. The number of nitrogens with one attached hydrogen (secondary N) is 2. The van der Waals surface area contributed by atoms with Gasteiger partial charge in [-0.15, -0.1) is 0 Å². The van der Waals surface area contributed by atoms with Crippen LogP contribution in [0.1, 0.15) is 39.8 Å². The Kier molecular flexibility index (Phi) is 5.45. The number of hydrogen-bond donors (Lipinski definition) is 2. The fourth-order valence-electron chi connectivity index (χ4n) is 3.14. The molecule has 0 fully saturated rings. The topological polar surface area (TPSA) is 87.7 Å². The zero-order chi connectivity index (χ0) is 19.4. The molecule has 0 saturated heterocycles. The molecule has 2 aromatic heterocycles. The van der Waals surface area contributed by atoms with E-state index in [-0.39, 0.29) is 23.9 Å². The van der Waals surface area contributed by atoms with E-state index in [1.165, 1.54) is 0 Å².